The van der Waals surface area contributed by atoms with Crippen LogP contribution in [0.3, 0.4) is 0 Å². The molecule has 1 aromatic carbocycles. The first-order valence-corrected chi connectivity index (χ1v) is 6.58. The number of carboxylic acids is 1. The summed E-state index contributed by atoms with van der Waals surface area (Å²) < 4.78 is 51.3. The van der Waals surface area contributed by atoms with Crippen LogP contribution in [0.25, 0.3) is 0 Å². The van der Waals surface area contributed by atoms with Gasteiger partial charge in [-0.3, -0.25) is 0 Å². The summed E-state index contributed by atoms with van der Waals surface area (Å²) in [6.07, 6.45) is -0.856. The van der Waals surface area contributed by atoms with E-state index >= 15 is 0 Å². The highest BCUT2D eigenvalue weighted by atomic mass is 32.2. The van der Waals surface area contributed by atoms with E-state index in [1.807, 2.05) is 0 Å². The van der Waals surface area contributed by atoms with Crippen molar-refractivity contribution in [1.29, 1.82) is 0 Å². The lowest BCUT2D eigenvalue weighted by Gasteiger charge is -2.34. The Hall–Kier alpha value is -1.58. The van der Waals surface area contributed by atoms with Gasteiger partial charge in [0.25, 0.3) is 0 Å². The van der Waals surface area contributed by atoms with Crippen LogP contribution in [0, 0.1) is 11.6 Å². The maximum Gasteiger partial charge on any atom is 0.335 e. The number of carbonyl (C=O) groups is 1. The number of hydrogen-bond donors (Lipinski definition) is 2. The number of benzene rings is 1. The van der Waals surface area contributed by atoms with Crippen LogP contribution in [0.1, 0.15) is 10.4 Å². The predicted octanol–water partition coefficient (Wildman–Crippen LogP) is 0.0282. The number of carboxylic acid groups (broad SMARTS) is 1. The van der Waals surface area contributed by atoms with Gasteiger partial charge in [-0.1, -0.05) is 0 Å². The monoisotopic (exact) mass is 293 g/mol. The molecule has 0 radical (unpaired) electrons. The van der Waals surface area contributed by atoms with E-state index in [1.165, 1.54) is 0 Å². The second kappa shape index (κ2) is 4.51. The maximum absolute atomic E-state index is 13.5. The smallest absolute Gasteiger partial charge is 0.335 e. The van der Waals surface area contributed by atoms with Crippen molar-refractivity contribution in [3.8, 4) is 0 Å². The number of halogens is 2. The first-order chi connectivity index (χ1) is 8.73. The molecule has 0 unspecified atom stereocenters. The van der Waals surface area contributed by atoms with Crippen LogP contribution in [-0.2, 0) is 10.0 Å². The highest BCUT2D eigenvalue weighted by Crippen LogP contribution is 2.26. The molecule has 6 nitrogen and oxygen atoms in total. The summed E-state index contributed by atoms with van der Waals surface area (Å²) in [5, 5.41) is 17.7. The molecule has 0 atom stereocenters. The molecule has 1 heterocycles. The Balaban J connectivity index is 2.52. The van der Waals surface area contributed by atoms with Gasteiger partial charge in [0.05, 0.1) is 11.7 Å². The van der Waals surface area contributed by atoms with Gasteiger partial charge < -0.3 is 10.2 Å². The zero-order valence-electron chi connectivity index (χ0n) is 9.38. The van der Waals surface area contributed by atoms with Crippen LogP contribution in [0.5, 0.6) is 0 Å². The van der Waals surface area contributed by atoms with Gasteiger partial charge in [-0.05, 0) is 12.1 Å². The third kappa shape index (κ3) is 2.31. The van der Waals surface area contributed by atoms with Crippen LogP contribution in [0.15, 0.2) is 17.0 Å². The van der Waals surface area contributed by atoms with E-state index in [0.29, 0.717) is 12.1 Å². The van der Waals surface area contributed by atoms with Crippen LogP contribution >= 0.6 is 0 Å². The van der Waals surface area contributed by atoms with Crippen LogP contribution in [-0.4, -0.2) is 48.1 Å². The van der Waals surface area contributed by atoms with Crippen molar-refractivity contribution in [3.05, 3.63) is 29.3 Å². The zero-order chi connectivity index (χ0) is 14.4. The van der Waals surface area contributed by atoms with E-state index < -0.39 is 44.2 Å². The zero-order valence-corrected chi connectivity index (χ0v) is 10.2. The van der Waals surface area contributed by atoms with E-state index in [-0.39, 0.29) is 13.1 Å². The van der Waals surface area contributed by atoms with Crippen molar-refractivity contribution in [1.82, 2.24) is 4.31 Å². The molecule has 0 saturated carbocycles. The van der Waals surface area contributed by atoms with Gasteiger partial charge in [-0.15, -0.1) is 0 Å². The van der Waals surface area contributed by atoms with Gasteiger partial charge in [0.15, 0.2) is 11.6 Å². The van der Waals surface area contributed by atoms with E-state index in [1.54, 1.807) is 0 Å². The first kappa shape index (κ1) is 13.8. The van der Waals surface area contributed by atoms with Crippen molar-refractivity contribution in [2.24, 2.45) is 0 Å². The average molecular weight is 293 g/mol. The molecule has 1 saturated heterocycles. The SMILES string of the molecule is O=C(O)c1cc(F)c(F)c(S(=O)(=O)N2CC(O)C2)c1. The number of β-amino-alcohol motifs (C(OH)–C–C–N with tert-alkyl or cyclic N) is 1. The van der Waals surface area contributed by atoms with E-state index in [9.17, 15) is 22.0 Å². The number of aromatic carboxylic acids is 1. The second-order valence-electron chi connectivity index (χ2n) is 4.05. The lowest BCUT2D eigenvalue weighted by Crippen LogP contribution is -2.53. The Labute approximate surface area is 106 Å². The summed E-state index contributed by atoms with van der Waals surface area (Å²) in [5.74, 6) is -4.76. The van der Waals surface area contributed by atoms with Crippen molar-refractivity contribution < 1.29 is 32.2 Å². The van der Waals surface area contributed by atoms with E-state index in [2.05, 4.69) is 0 Å². The minimum Gasteiger partial charge on any atom is -0.478 e. The number of hydrogen-bond acceptors (Lipinski definition) is 4. The Bertz CT molecular complexity index is 640. The molecule has 2 N–H and O–H groups in total. The minimum absolute atomic E-state index is 0.235. The fourth-order valence-electron chi connectivity index (χ4n) is 1.63. The summed E-state index contributed by atoms with van der Waals surface area (Å²) in [6, 6.07) is 0.961. The Morgan fingerprint density at radius 3 is 2.37 bits per heavy atom. The first-order valence-electron chi connectivity index (χ1n) is 5.14. The van der Waals surface area contributed by atoms with Crippen molar-refractivity contribution in [2.45, 2.75) is 11.0 Å². The van der Waals surface area contributed by atoms with Crippen LogP contribution < -0.4 is 0 Å². The highest BCUT2D eigenvalue weighted by Gasteiger charge is 2.38. The lowest BCUT2D eigenvalue weighted by molar-refractivity contribution is 0.0545. The maximum atomic E-state index is 13.5. The fourth-order valence-corrected chi connectivity index (χ4v) is 3.24. The Morgan fingerprint density at radius 1 is 1.32 bits per heavy atom. The molecule has 2 rings (SSSR count). The van der Waals surface area contributed by atoms with Gasteiger partial charge in [-0.25, -0.2) is 22.0 Å². The number of aliphatic hydroxyl groups excluding tert-OH is 1. The number of sulfonamides is 1. The lowest BCUT2D eigenvalue weighted by atomic mass is 10.2. The molecular weight excluding hydrogens is 284 g/mol. The largest absolute Gasteiger partial charge is 0.478 e. The Kier molecular flexibility index (Phi) is 3.29. The fraction of sp³-hybridized carbons (Fsp3) is 0.300. The average Bonchev–Trinajstić information content (AvgIpc) is 2.27. The molecule has 1 fully saturated rings. The number of rotatable bonds is 3. The van der Waals surface area contributed by atoms with E-state index in [4.69, 9.17) is 10.2 Å². The number of aliphatic hydroxyl groups is 1. The third-order valence-electron chi connectivity index (χ3n) is 2.69. The quantitative estimate of drug-likeness (QED) is 0.819. The van der Waals surface area contributed by atoms with Gasteiger partial charge in [0.2, 0.25) is 10.0 Å². The molecule has 1 aromatic rings. The highest BCUT2D eigenvalue weighted by molar-refractivity contribution is 7.89. The predicted molar refractivity (Wildman–Crippen MR) is 58.1 cm³/mol. The van der Waals surface area contributed by atoms with Crippen molar-refractivity contribution >= 4 is 16.0 Å². The molecule has 19 heavy (non-hydrogen) atoms. The molecule has 104 valence electrons. The van der Waals surface area contributed by atoms with Crippen LogP contribution in [0.2, 0.25) is 0 Å². The number of nitrogens with zero attached hydrogens (tertiary/aromatic N) is 1. The topological polar surface area (TPSA) is 94.9 Å². The van der Waals surface area contributed by atoms with Crippen molar-refractivity contribution in [2.75, 3.05) is 13.1 Å². The molecule has 0 aromatic heterocycles. The summed E-state index contributed by atoms with van der Waals surface area (Å²) in [6.45, 7) is -0.471. The summed E-state index contributed by atoms with van der Waals surface area (Å²) >= 11 is 0. The normalized spacial score (nSPS) is 17.2. The third-order valence-corrected chi connectivity index (χ3v) is 4.52. The molecule has 1 aliphatic rings. The van der Waals surface area contributed by atoms with Gasteiger partial charge >= 0.3 is 5.97 Å². The molecule has 0 amide bonds. The van der Waals surface area contributed by atoms with Gasteiger partial charge in [0.1, 0.15) is 4.90 Å². The van der Waals surface area contributed by atoms with Crippen molar-refractivity contribution in [3.63, 3.8) is 0 Å². The second-order valence-corrected chi connectivity index (χ2v) is 5.96. The standard InChI is InChI=1S/C10H9F2NO5S/c11-7-1-5(10(15)16)2-8(9(7)12)19(17,18)13-3-6(14)4-13/h1-2,6,14H,3-4H2,(H,15,16). The molecule has 1 aliphatic heterocycles. The molecule has 0 spiro atoms. The van der Waals surface area contributed by atoms with Crippen LogP contribution in [0.4, 0.5) is 8.78 Å². The summed E-state index contributed by atoms with van der Waals surface area (Å²) in [7, 11) is -4.35. The molecule has 0 aliphatic carbocycles. The van der Waals surface area contributed by atoms with Gasteiger partial charge in [0, 0.05) is 13.1 Å². The van der Waals surface area contributed by atoms with E-state index in [0.717, 1.165) is 4.31 Å². The Morgan fingerprint density at radius 2 is 1.89 bits per heavy atom. The summed E-state index contributed by atoms with van der Waals surface area (Å²) in [4.78, 5) is 9.67. The minimum atomic E-state index is -4.35. The molecule has 0 bridgehead atoms. The molecule has 9 heteroatoms. The summed E-state index contributed by atoms with van der Waals surface area (Å²) in [5.41, 5.74) is -0.668. The molecular formula is C10H9F2NO5S. The van der Waals surface area contributed by atoms with Gasteiger partial charge in [-0.2, -0.15) is 4.31 Å².